The van der Waals surface area contributed by atoms with Gasteiger partial charge in [-0.3, -0.25) is 15.0 Å². The molecule has 0 aromatic rings. The lowest BCUT2D eigenvalue weighted by atomic mass is 10.1. The maximum Gasteiger partial charge on any atom is 0.322 e. The molecule has 74 valence electrons. The number of likely N-dealkylation sites (N-methyl/N-ethyl adjacent to an activating group) is 1. The third kappa shape index (κ3) is 1.96. The molecule has 0 aromatic heterocycles. The lowest BCUT2D eigenvalue weighted by molar-refractivity contribution is -0.140. The van der Waals surface area contributed by atoms with Gasteiger partial charge in [0, 0.05) is 13.0 Å². The van der Waals surface area contributed by atoms with Gasteiger partial charge in [0.15, 0.2) is 0 Å². The van der Waals surface area contributed by atoms with Crippen LogP contribution in [0.25, 0.3) is 0 Å². The summed E-state index contributed by atoms with van der Waals surface area (Å²) in [6, 6.07) is -1.45. The average molecular weight is 187 g/mol. The number of nitrogens with zero attached hydrogens (tertiary/aromatic N) is 1. The molecule has 0 aromatic carbocycles. The van der Waals surface area contributed by atoms with E-state index in [0.717, 1.165) is 0 Å². The largest absolute Gasteiger partial charge is 0.480 e. The van der Waals surface area contributed by atoms with Crippen molar-refractivity contribution in [2.45, 2.75) is 25.4 Å². The monoisotopic (exact) mass is 187 g/mol. The molecule has 1 saturated heterocycles. The molecular weight excluding hydrogens is 174 g/mol. The molecule has 0 radical (unpaired) electrons. The van der Waals surface area contributed by atoms with E-state index in [4.69, 9.17) is 10.8 Å². The summed E-state index contributed by atoms with van der Waals surface area (Å²) in [7, 11) is 0. The molecule has 1 fully saturated rings. The van der Waals surface area contributed by atoms with Gasteiger partial charge in [-0.05, 0) is 0 Å². The number of aliphatic carboxylic acids is 1. The summed E-state index contributed by atoms with van der Waals surface area (Å²) in [5.41, 5.74) is 7.96. The summed E-state index contributed by atoms with van der Waals surface area (Å²) in [5, 5.41) is 10.2. The second-order valence-corrected chi connectivity index (χ2v) is 2.96. The van der Waals surface area contributed by atoms with Crippen molar-refractivity contribution in [1.82, 2.24) is 10.4 Å². The summed E-state index contributed by atoms with van der Waals surface area (Å²) in [6.45, 7) is 2.38. The zero-order valence-corrected chi connectivity index (χ0v) is 7.36. The predicted octanol–water partition coefficient (Wildman–Crippen LogP) is -1.48. The van der Waals surface area contributed by atoms with Gasteiger partial charge in [0.05, 0.1) is 6.04 Å². The van der Waals surface area contributed by atoms with Crippen LogP contribution in [-0.2, 0) is 9.59 Å². The van der Waals surface area contributed by atoms with Gasteiger partial charge in [-0.1, -0.05) is 6.92 Å². The first kappa shape index (κ1) is 9.94. The van der Waals surface area contributed by atoms with Gasteiger partial charge in [0.25, 0.3) is 0 Å². The van der Waals surface area contributed by atoms with E-state index in [1.54, 1.807) is 5.01 Å². The highest BCUT2D eigenvalue weighted by Gasteiger charge is 2.36. The van der Waals surface area contributed by atoms with Crippen molar-refractivity contribution < 1.29 is 14.7 Å². The molecule has 0 aliphatic carbocycles. The highest BCUT2D eigenvalue weighted by molar-refractivity contribution is 5.81. The molecule has 1 heterocycles. The van der Waals surface area contributed by atoms with Crippen molar-refractivity contribution in [3.05, 3.63) is 0 Å². The maximum atomic E-state index is 10.9. The van der Waals surface area contributed by atoms with Crippen LogP contribution >= 0.6 is 0 Å². The van der Waals surface area contributed by atoms with Crippen LogP contribution in [0.5, 0.6) is 0 Å². The Bertz CT molecular complexity index is 229. The fraction of sp³-hybridized carbons (Fsp3) is 0.714. The minimum atomic E-state index is -1.08. The topological polar surface area (TPSA) is 95.7 Å². The van der Waals surface area contributed by atoms with Crippen LogP contribution in [0.1, 0.15) is 13.3 Å². The van der Waals surface area contributed by atoms with Gasteiger partial charge >= 0.3 is 5.97 Å². The van der Waals surface area contributed by atoms with Crippen molar-refractivity contribution in [2.75, 3.05) is 6.54 Å². The van der Waals surface area contributed by atoms with Crippen molar-refractivity contribution in [1.29, 1.82) is 0 Å². The van der Waals surface area contributed by atoms with E-state index >= 15 is 0 Å². The molecule has 1 amide bonds. The number of carboxylic acid groups (broad SMARTS) is 1. The van der Waals surface area contributed by atoms with Crippen LogP contribution < -0.4 is 11.2 Å². The van der Waals surface area contributed by atoms with E-state index in [9.17, 15) is 9.59 Å². The van der Waals surface area contributed by atoms with Crippen LogP contribution in [0.15, 0.2) is 0 Å². The number of nitrogens with one attached hydrogen (secondary N) is 1. The van der Waals surface area contributed by atoms with Gasteiger partial charge in [0.1, 0.15) is 6.04 Å². The fourth-order valence-electron chi connectivity index (χ4n) is 1.39. The first-order valence-electron chi connectivity index (χ1n) is 4.10. The van der Waals surface area contributed by atoms with E-state index in [1.807, 2.05) is 6.92 Å². The van der Waals surface area contributed by atoms with E-state index in [-0.39, 0.29) is 12.3 Å². The maximum absolute atomic E-state index is 10.9. The van der Waals surface area contributed by atoms with Gasteiger partial charge < -0.3 is 10.8 Å². The molecule has 6 nitrogen and oxygen atoms in total. The number of hydrogen-bond donors (Lipinski definition) is 3. The minimum absolute atomic E-state index is 0.154. The summed E-state index contributed by atoms with van der Waals surface area (Å²) in [5.74, 6) is -1.26. The number of carbonyl (C=O) groups is 2. The number of carbonyl (C=O) groups excluding carboxylic acids is 1. The second-order valence-electron chi connectivity index (χ2n) is 2.96. The Hall–Kier alpha value is -1.14. The molecule has 2 atom stereocenters. The number of carboxylic acids is 1. The fourth-order valence-corrected chi connectivity index (χ4v) is 1.39. The minimum Gasteiger partial charge on any atom is -0.480 e. The first-order valence-corrected chi connectivity index (χ1v) is 4.10. The number of nitrogens with two attached hydrogens (primary N) is 1. The number of rotatable bonds is 3. The zero-order chi connectivity index (χ0) is 10.0. The highest BCUT2D eigenvalue weighted by atomic mass is 16.4. The Morgan fingerprint density at radius 3 is 3.00 bits per heavy atom. The zero-order valence-electron chi connectivity index (χ0n) is 7.36. The normalized spacial score (nSPS) is 25.7. The van der Waals surface area contributed by atoms with Crippen molar-refractivity contribution in [2.24, 2.45) is 5.73 Å². The van der Waals surface area contributed by atoms with Crippen LogP contribution in [0, 0.1) is 0 Å². The van der Waals surface area contributed by atoms with E-state index in [2.05, 4.69) is 5.43 Å². The van der Waals surface area contributed by atoms with Crippen molar-refractivity contribution in [3.63, 3.8) is 0 Å². The van der Waals surface area contributed by atoms with Crippen molar-refractivity contribution >= 4 is 11.9 Å². The number of hydrogen-bond acceptors (Lipinski definition) is 4. The quantitative estimate of drug-likeness (QED) is 0.501. The summed E-state index contributed by atoms with van der Waals surface area (Å²) in [4.78, 5) is 21.5. The van der Waals surface area contributed by atoms with Gasteiger partial charge in [-0.25, -0.2) is 5.01 Å². The molecule has 13 heavy (non-hydrogen) atoms. The average Bonchev–Trinajstić information content (AvgIpc) is 2.45. The lowest BCUT2D eigenvalue weighted by Crippen LogP contribution is -2.51. The molecule has 0 saturated carbocycles. The van der Waals surface area contributed by atoms with E-state index in [0.29, 0.717) is 6.54 Å². The first-order chi connectivity index (χ1) is 6.06. The molecule has 4 N–H and O–H groups in total. The second kappa shape index (κ2) is 3.71. The molecule has 0 bridgehead atoms. The SMILES string of the molecule is CCN1NC(=O)C[C@H]1[C@H](N)C(=O)O. The molecule has 1 rings (SSSR count). The Balaban J connectivity index is 2.67. The lowest BCUT2D eigenvalue weighted by Gasteiger charge is -2.23. The summed E-state index contributed by atoms with van der Waals surface area (Å²) >= 11 is 0. The molecule has 1 aliphatic heterocycles. The highest BCUT2D eigenvalue weighted by Crippen LogP contribution is 2.12. The van der Waals surface area contributed by atoms with Crippen LogP contribution in [-0.4, -0.2) is 40.6 Å². The number of amides is 1. The van der Waals surface area contributed by atoms with Gasteiger partial charge in [-0.15, -0.1) is 0 Å². The summed E-state index contributed by atoms with van der Waals surface area (Å²) in [6.07, 6.45) is 0.154. The summed E-state index contributed by atoms with van der Waals surface area (Å²) < 4.78 is 0. The third-order valence-corrected chi connectivity index (χ3v) is 2.10. The Morgan fingerprint density at radius 1 is 1.92 bits per heavy atom. The molecule has 0 unspecified atom stereocenters. The van der Waals surface area contributed by atoms with Crippen LogP contribution in [0.4, 0.5) is 0 Å². The van der Waals surface area contributed by atoms with Crippen molar-refractivity contribution in [3.8, 4) is 0 Å². The Kier molecular flexibility index (Phi) is 2.84. The van der Waals surface area contributed by atoms with Crippen LogP contribution in [0.3, 0.4) is 0 Å². The Morgan fingerprint density at radius 2 is 2.54 bits per heavy atom. The van der Waals surface area contributed by atoms with E-state index < -0.39 is 18.1 Å². The van der Waals surface area contributed by atoms with E-state index in [1.165, 1.54) is 0 Å². The third-order valence-electron chi connectivity index (χ3n) is 2.10. The molecule has 1 aliphatic rings. The molecular formula is C7H13N3O3. The molecule has 0 spiro atoms. The number of hydrazine groups is 1. The predicted molar refractivity (Wildman–Crippen MR) is 44.5 cm³/mol. The van der Waals surface area contributed by atoms with Gasteiger partial charge in [-0.2, -0.15) is 0 Å². The van der Waals surface area contributed by atoms with Gasteiger partial charge in [0.2, 0.25) is 5.91 Å². The molecule has 6 heteroatoms. The Labute approximate surface area is 75.7 Å². The van der Waals surface area contributed by atoms with Crippen LogP contribution in [0.2, 0.25) is 0 Å². The standard InChI is InChI=1S/C7H13N3O3/c1-2-10-4(3-5(11)9-10)6(8)7(12)13/h4,6H,2-3,8H2,1H3,(H,9,11)(H,12,13)/t4-,6-/m0/s1. The smallest absolute Gasteiger partial charge is 0.322 e.